The molecule has 0 saturated carbocycles. The zero-order chi connectivity index (χ0) is 14.3. The summed E-state index contributed by atoms with van der Waals surface area (Å²) < 4.78 is 15.1. The van der Waals surface area contributed by atoms with Gasteiger partial charge in [0.25, 0.3) is 0 Å². The predicted octanol–water partition coefficient (Wildman–Crippen LogP) is 2.62. The molecule has 0 bridgehead atoms. The molecule has 102 valence electrons. The second-order valence-corrected chi connectivity index (χ2v) is 3.56. The molecule has 1 aromatic carbocycles. The SMILES string of the molecule is C=C=CCN(C(=O)OC)c1cc(OC)cc(OC)c1. The molecule has 0 aliphatic heterocycles. The lowest BCUT2D eigenvalue weighted by molar-refractivity contribution is 0.179. The van der Waals surface area contributed by atoms with Gasteiger partial charge in [-0.2, -0.15) is 0 Å². The summed E-state index contributed by atoms with van der Waals surface area (Å²) >= 11 is 0. The Morgan fingerprint density at radius 3 is 2.26 bits per heavy atom. The highest BCUT2D eigenvalue weighted by Crippen LogP contribution is 2.28. The maximum Gasteiger partial charge on any atom is 0.414 e. The molecule has 0 spiro atoms. The molecule has 0 fully saturated rings. The summed E-state index contributed by atoms with van der Waals surface area (Å²) in [6, 6.07) is 5.16. The van der Waals surface area contributed by atoms with Crippen molar-refractivity contribution in [3.8, 4) is 11.5 Å². The first kappa shape index (κ1) is 14.7. The molecule has 0 aliphatic carbocycles. The molecular formula is C14H17NO4. The number of amides is 1. The Balaban J connectivity index is 3.19. The van der Waals surface area contributed by atoms with E-state index in [4.69, 9.17) is 14.2 Å². The number of hydrogen-bond acceptors (Lipinski definition) is 4. The second-order valence-electron chi connectivity index (χ2n) is 3.56. The van der Waals surface area contributed by atoms with E-state index < -0.39 is 6.09 Å². The Labute approximate surface area is 112 Å². The van der Waals surface area contributed by atoms with Crippen molar-refractivity contribution in [2.75, 3.05) is 32.8 Å². The van der Waals surface area contributed by atoms with E-state index in [2.05, 4.69) is 12.3 Å². The highest BCUT2D eigenvalue weighted by Gasteiger charge is 2.16. The molecule has 0 radical (unpaired) electrons. The number of hydrogen-bond donors (Lipinski definition) is 0. The Bertz CT molecular complexity index is 470. The Morgan fingerprint density at radius 2 is 1.84 bits per heavy atom. The Kier molecular flexibility index (Phi) is 5.51. The van der Waals surface area contributed by atoms with Crippen molar-refractivity contribution >= 4 is 11.8 Å². The van der Waals surface area contributed by atoms with Crippen LogP contribution in [0.1, 0.15) is 0 Å². The average Bonchev–Trinajstić information content (AvgIpc) is 2.46. The fourth-order valence-corrected chi connectivity index (χ4v) is 1.50. The third-order valence-corrected chi connectivity index (χ3v) is 2.46. The lowest BCUT2D eigenvalue weighted by Crippen LogP contribution is -2.30. The average molecular weight is 263 g/mol. The summed E-state index contributed by atoms with van der Waals surface area (Å²) in [5.74, 6) is 1.18. The van der Waals surface area contributed by atoms with Gasteiger partial charge in [0, 0.05) is 18.2 Å². The summed E-state index contributed by atoms with van der Waals surface area (Å²) in [6.07, 6.45) is 1.14. The maximum atomic E-state index is 11.8. The van der Waals surface area contributed by atoms with Crippen LogP contribution in [0.4, 0.5) is 10.5 Å². The van der Waals surface area contributed by atoms with Gasteiger partial charge in [-0.05, 0) is 6.08 Å². The molecule has 0 N–H and O–H groups in total. The van der Waals surface area contributed by atoms with Gasteiger partial charge >= 0.3 is 6.09 Å². The second kappa shape index (κ2) is 7.13. The number of benzene rings is 1. The minimum absolute atomic E-state index is 0.298. The van der Waals surface area contributed by atoms with E-state index in [1.165, 1.54) is 12.0 Å². The molecule has 0 aliphatic rings. The van der Waals surface area contributed by atoms with E-state index in [-0.39, 0.29) is 0 Å². The third kappa shape index (κ3) is 3.79. The summed E-state index contributed by atoms with van der Waals surface area (Å²) in [7, 11) is 4.42. The van der Waals surface area contributed by atoms with Gasteiger partial charge in [-0.25, -0.2) is 4.79 Å². The molecule has 0 aromatic heterocycles. The topological polar surface area (TPSA) is 48.0 Å². The number of anilines is 1. The number of ether oxygens (including phenoxy) is 3. The standard InChI is InChI=1S/C14H17NO4/c1-5-6-7-15(14(16)19-4)11-8-12(17-2)10-13(9-11)18-3/h6,8-10H,1,7H2,2-4H3. The number of rotatable bonds is 5. The lowest BCUT2D eigenvalue weighted by Gasteiger charge is -2.20. The van der Waals surface area contributed by atoms with Crippen molar-refractivity contribution in [1.82, 2.24) is 0 Å². The summed E-state index contributed by atoms with van der Waals surface area (Å²) in [5.41, 5.74) is 3.22. The van der Waals surface area contributed by atoms with Gasteiger partial charge in [0.2, 0.25) is 0 Å². The van der Waals surface area contributed by atoms with Gasteiger partial charge in [0.05, 0.1) is 33.6 Å². The van der Waals surface area contributed by atoms with E-state index in [0.717, 1.165) is 0 Å². The molecule has 0 saturated heterocycles. The van der Waals surface area contributed by atoms with Crippen molar-refractivity contribution in [1.29, 1.82) is 0 Å². The van der Waals surface area contributed by atoms with Crippen LogP contribution in [0.15, 0.2) is 36.6 Å². The number of carbonyl (C=O) groups is 1. The van der Waals surface area contributed by atoms with Crippen LogP contribution in [0.5, 0.6) is 11.5 Å². The first-order chi connectivity index (χ1) is 9.15. The van der Waals surface area contributed by atoms with Crippen LogP contribution in [-0.4, -0.2) is 34.0 Å². The molecule has 1 amide bonds. The monoisotopic (exact) mass is 263 g/mol. The summed E-state index contributed by atoms with van der Waals surface area (Å²) in [6.45, 7) is 3.77. The third-order valence-electron chi connectivity index (χ3n) is 2.46. The highest BCUT2D eigenvalue weighted by molar-refractivity contribution is 5.88. The van der Waals surface area contributed by atoms with Crippen LogP contribution in [-0.2, 0) is 4.74 Å². The Morgan fingerprint density at radius 1 is 1.26 bits per heavy atom. The minimum atomic E-state index is -0.484. The summed E-state index contributed by atoms with van der Waals surface area (Å²) in [4.78, 5) is 13.2. The van der Waals surface area contributed by atoms with Crippen molar-refractivity contribution in [3.05, 3.63) is 36.6 Å². The minimum Gasteiger partial charge on any atom is -0.497 e. The van der Waals surface area contributed by atoms with Gasteiger partial charge < -0.3 is 14.2 Å². The van der Waals surface area contributed by atoms with Gasteiger partial charge in [0.15, 0.2) is 0 Å². The molecule has 0 heterocycles. The van der Waals surface area contributed by atoms with Gasteiger partial charge in [-0.1, -0.05) is 6.58 Å². The first-order valence-corrected chi connectivity index (χ1v) is 5.59. The fourth-order valence-electron chi connectivity index (χ4n) is 1.50. The van der Waals surface area contributed by atoms with Crippen LogP contribution in [0.3, 0.4) is 0 Å². The van der Waals surface area contributed by atoms with Crippen molar-refractivity contribution < 1.29 is 19.0 Å². The van der Waals surface area contributed by atoms with E-state index >= 15 is 0 Å². The van der Waals surface area contributed by atoms with E-state index in [1.54, 1.807) is 38.5 Å². The van der Waals surface area contributed by atoms with E-state index in [9.17, 15) is 4.79 Å². The molecule has 1 rings (SSSR count). The Hall–Kier alpha value is -2.39. The number of methoxy groups -OCH3 is 3. The molecule has 19 heavy (non-hydrogen) atoms. The molecular weight excluding hydrogens is 246 g/mol. The molecule has 1 aromatic rings. The molecule has 5 nitrogen and oxygen atoms in total. The molecule has 0 unspecified atom stereocenters. The summed E-state index contributed by atoms with van der Waals surface area (Å²) in [5, 5.41) is 0. The highest BCUT2D eigenvalue weighted by atomic mass is 16.5. The zero-order valence-corrected chi connectivity index (χ0v) is 11.3. The van der Waals surface area contributed by atoms with E-state index in [1.807, 2.05) is 0 Å². The molecule has 0 atom stereocenters. The van der Waals surface area contributed by atoms with Crippen LogP contribution in [0.25, 0.3) is 0 Å². The van der Waals surface area contributed by atoms with Gasteiger partial charge in [-0.3, -0.25) is 4.90 Å². The van der Waals surface area contributed by atoms with E-state index in [0.29, 0.717) is 23.7 Å². The quantitative estimate of drug-likeness (QED) is 0.766. The van der Waals surface area contributed by atoms with Crippen LogP contribution in [0.2, 0.25) is 0 Å². The van der Waals surface area contributed by atoms with Gasteiger partial charge in [0.1, 0.15) is 11.5 Å². The zero-order valence-electron chi connectivity index (χ0n) is 11.3. The maximum absolute atomic E-state index is 11.8. The largest absolute Gasteiger partial charge is 0.497 e. The van der Waals surface area contributed by atoms with Crippen LogP contribution in [0, 0.1) is 0 Å². The van der Waals surface area contributed by atoms with Crippen molar-refractivity contribution in [3.63, 3.8) is 0 Å². The van der Waals surface area contributed by atoms with Crippen LogP contribution < -0.4 is 14.4 Å². The smallest absolute Gasteiger partial charge is 0.414 e. The van der Waals surface area contributed by atoms with Crippen molar-refractivity contribution in [2.24, 2.45) is 0 Å². The number of nitrogens with zero attached hydrogens (tertiary/aromatic N) is 1. The molecule has 5 heteroatoms. The first-order valence-electron chi connectivity index (χ1n) is 5.59. The van der Waals surface area contributed by atoms with Crippen molar-refractivity contribution in [2.45, 2.75) is 0 Å². The fraction of sp³-hybridized carbons (Fsp3) is 0.286. The number of carbonyl (C=O) groups excluding carboxylic acids is 1. The van der Waals surface area contributed by atoms with Crippen LogP contribution >= 0.6 is 0 Å². The predicted molar refractivity (Wildman–Crippen MR) is 73.0 cm³/mol. The lowest BCUT2D eigenvalue weighted by atomic mass is 10.2. The van der Waals surface area contributed by atoms with Gasteiger partial charge in [-0.15, -0.1) is 5.73 Å². The normalized spacial score (nSPS) is 9.21.